The van der Waals surface area contributed by atoms with Gasteiger partial charge in [0.2, 0.25) is 15.9 Å². The topological polar surface area (TPSA) is 112 Å². The normalized spacial score (nSPS) is 15.5. The largest absolute Gasteiger partial charge is 0.357 e. The van der Waals surface area contributed by atoms with E-state index in [4.69, 9.17) is 0 Å². The zero-order valence-electron chi connectivity index (χ0n) is 16.6. The number of sulfonamides is 1. The standard InChI is InChI=1S/C16H29N7O3S.HI/c1-4-17-16(18-7-6-8-20-27(25,26)5-2)22-9-10-23(15(24)13-22)14-11-19-21(3)12-14;/h11-12,20H,4-10,13H2,1-3H3,(H,17,18);1H. The Hall–Kier alpha value is -1.41. The van der Waals surface area contributed by atoms with Crippen molar-refractivity contribution in [2.75, 3.05) is 49.9 Å². The zero-order valence-corrected chi connectivity index (χ0v) is 19.7. The lowest BCUT2D eigenvalue weighted by Gasteiger charge is -2.35. The molecule has 12 heteroatoms. The van der Waals surface area contributed by atoms with Crippen LogP contribution in [0.4, 0.5) is 5.69 Å². The number of nitrogens with one attached hydrogen (secondary N) is 2. The van der Waals surface area contributed by atoms with Crippen LogP contribution in [0.5, 0.6) is 0 Å². The third-order valence-corrected chi connectivity index (χ3v) is 5.56. The molecular formula is C16H30IN7O3S. The summed E-state index contributed by atoms with van der Waals surface area (Å²) in [5, 5.41) is 7.32. The Kier molecular flexibility index (Phi) is 10.2. The molecule has 0 bridgehead atoms. The molecule has 2 rings (SSSR count). The molecule has 0 atom stereocenters. The summed E-state index contributed by atoms with van der Waals surface area (Å²) >= 11 is 0. The fourth-order valence-electron chi connectivity index (χ4n) is 2.69. The zero-order chi connectivity index (χ0) is 19.9. The third-order valence-electron chi connectivity index (χ3n) is 4.16. The summed E-state index contributed by atoms with van der Waals surface area (Å²) < 4.78 is 27.0. The van der Waals surface area contributed by atoms with Crippen LogP contribution in [0.15, 0.2) is 17.4 Å². The maximum Gasteiger partial charge on any atom is 0.246 e. The Morgan fingerprint density at radius 3 is 2.64 bits per heavy atom. The van der Waals surface area contributed by atoms with Crippen molar-refractivity contribution in [3.05, 3.63) is 12.4 Å². The lowest BCUT2D eigenvalue weighted by molar-refractivity contribution is -0.120. The van der Waals surface area contributed by atoms with Crippen molar-refractivity contribution in [2.24, 2.45) is 12.0 Å². The van der Waals surface area contributed by atoms with E-state index in [1.807, 2.05) is 25.1 Å². The van der Waals surface area contributed by atoms with Crippen LogP contribution in [0, 0.1) is 0 Å². The Bertz CT molecular complexity index is 766. The third kappa shape index (κ3) is 7.20. The molecule has 1 saturated heterocycles. The van der Waals surface area contributed by atoms with Crippen molar-refractivity contribution >= 4 is 51.6 Å². The monoisotopic (exact) mass is 527 g/mol. The van der Waals surface area contributed by atoms with Gasteiger partial charge in [-0.1, -0.05) is 0 Å². The Morgan fingerprint density at radius 2 is 2.07 bits per heavy atom. The molecule has 1 aliphatic rings. The molecule has 0 radical (unpaired) electrons. The van der Waals surface area contributed by atoms with Crippen molar-refractivity contribution in [2.45, 2.75) is 20.3 Å². The summed E-state index contributed by atoms with van der Waals surface area (Å²) in [7, 11) is -1.35. The molecule has 10 nitrogen and oxygen atoms in total. The number of aromatic nitrogens is 2. The molecule has 28 heavy (non-hydrogen) atoms. The first kappa shape index (κ1) is 24.6. The van der Waals surface area contributed by atoms with E-state index >= 15 is 0 Å². The quantitative estimate of drug-likeness (QED) is 0.213. The molecule has 1 aromatic heterocycles. The van der Waals surface area contributed by atoms with E-state index in [0.29, 0.717) is 45.1 Å². The second kappa shape index (κ2) is 11.6. The number of hydrogen-bond acceptors (Lipinski definition) is 5. The first-order valence-electron chi connectivity index (χ1n) is 9.16. The minimum absolute atomic E-state index is 0. The number of anilines is 1. The molecule has 1 amide bonds. The highest BCUT2D eigenvalue weighted by Gasteiger charge is 2.27. The number of carbonyl (C=O) groups excluding carboxylic acids is 1. The molecule has 2 N–H and O–H groups in total. The lowest BCUT2D eigenvalue weighted by Crippen LogP contribution is -2.55. The molecule has 1 aromatic rings. The molecule has 0 spiro atoms. The van der Waals surface area contributed by atoms with Crippen LogP contribution in [-0.2, 0) is 21.9 Å². The average molecular weight is 527 g/mol. The van der Waals surface area contributed by atoms with E-state index in [2.05, 4.69) is 20.1 Å². The Morgan fingerprint density at radius 1 is 1.32 bits per heavy atom. The maximum absolute atomic E-state index is 12.5. The average Bonchev–Trinajstić information content (AvgIpc) is 3.06. The minimum Gasteiger partial charge on any atom is -0.357 e. The van der Waals surface area contributed by atoms with E-state index < -0.39 is 10.0 Å². The van der Waals surface area contributed by atoms with Crippen LogP contribution in [0.2, 0.25) is 0 Å². The highest BCUT2D eigenvalue weighted by molar-refractivity contribution is 14.0. The smallest absolute Gasteiger partial charge is 0.246 e. The van der Waals surface area contributed by atoms with Crippen LogP contribution in [0.3, 0.4) is 0 Å². The lowest BCUT2D eigenvalue weighted by atomic mass is 10.3. The summed E-state index contributed by atoms with van der Waals surface area (Å²) in [6.45, 7) is 6.56. The van der Waals surface area contributed by atoms with Crippen LogP contribution >= 0.6 is 24.0 Å². The van der Waals surface area contributed by atoms with Crippen molar-refractivity contribution in [1.29, 1.82) is 0 Å². The molecule has 2 heterocycles. The number of amides is 1. The summed E-state index contributed by atoms with van der Waals surface area (Å²) in [5.74, 6) is 0.744. The molecule has 0 aromatic carbocycles. The van der Waals surface area contributed by atoms with Gasteiger partial charge in [0.1, 0.15) is 6.54 Å². The van der Waals surface area contributed by atoms with Crippen LogP contribution in [-0.4, -0.2) is 80.0 Å². The van der Waals surface area contributed by atoms with Crippen molar-refractivity contribution in [1.82, 2.24) is 24.7 Å². The molecule has 0 unspecified atom stereocenters. The van der Waals surface area contributed by atoms with Crippen LogP contribution in [0.25, 0.3) is 0 Å². The molecule has 160 valence electrons. The second-order valence-electron chi connectivity index (χ2n) is 6.23. The van der Waals surface area contributed by atoms with Gasteiger partial charge in [-0.15, -0.1) is 24.0 Å². The number of aryl methyl sites for hydroxylation is 1. The van der Waals surface area contributed by atoms with Gasteiger partial charge < -0.3 is 15.1 Å². The van der Waals surface area contributed by atoms with E-state index in [1.165, 1.54) is 0 Å². The maximum atomic E-state index is 12.5. The molecule has 0 saturated carbocycles. The first-order chi connectivity index (χ1) is 12.9. The first-order valence-corrected chi connectivity index (χ1v) is 10.8. The number of rotatable bonds is 8. The van der Waals surface area contributed by atoms with Gasteiger partial charge in [0, 0.05) is 46.0 Å². The molecule has 0 aliphatic carbocycles. The van der Waals surface area contributed by atoms with E-state index in [9.17, 15) is 13.2 Å². The van der Waals surface area contributed by atoms with Crippen LogP contribution in [0.1, 0.15) is 20.3 Å². The highest BCUT2D eigenvalue weighted by atomic mass is 127. The van der Waals surface area contributed by atoms with E-state index in [1.54, 1.807) is 22.7 Å². The summed E-state index contributed by atoms with van der Waals surface area (Å²) in [5.41, 5.74) is 0.798. The SMILES string of the molecule is CCNC(=NCCCNS(=O)(=O)CC)N1CCN(c2cnn(C)c2)C(=O)C1.I. The van der Waals surface area contributed by atoms with E-state index in [-0.39, 0.29) is 42.2 Å². The fraction of sp³-hybridized carbons (Fsp3) is 0.688. The highest BCUT2D eigenvalue weighted by Crippen LogP contribution is 2.16. The van der Waals surface area contributed by atoms with Crippen molar-refractivity contribution < 1.29 is 13.2 Å². The predicted octanol–water partition coefficient (Wildman–Crippen LogP) is -0.0184. The molecular weight excluding hydrogens is 497 g/mol. The van der Waals surface area contributed by atoms with Gasteiger partial charge in [0.25, 0.3) is 0 Å². The summed E-state index contributed by atoms with van der Waals surface area (Å²) in [6, 6.07) is 0. The van der Waals surface area contributed by atoms with Gasteiger partial charge >= 0.3 is 0 Å². The van der Waals surface area contributed by atoms with Gasteiger partial charge in [0.15, 0.2) is 5.96 Å². The van der Waals surface area contributed by atoms with Crippen molar-refractivity contribution in [3.8, 4) is 0 Å². The van der Waals surface area contributed by atoms with E-state index in [0.717, 1.165) is 5.69 Å². The number of hydrogen-bond donors (Lipinski definition) is 2. The number of halogens is 1. The van der Waals surface area contributed by atoms with Gasteiger partial charge in [-0.2, -0.15) is 5.10 Å². The number of nitrogens with zero attached hydrogens (tertiary/aromatic N) is 5. The fourth-order valence-corrected chi connectivity index (χ4v) is 3.35. The second-order valence-corrected chi connectivity index (χ2v) is 8.32. The summed E-state index contributed by atoms with van der Waals surface area (Å²) in [6.07, 6.45) is 4.10. The Labute approximate surface area is 183 Å². The van der Waals surface area contributed by atoms with Crippen molar-refractivity contribution in [3.63, 3.8) is 0 Å². The Balaban J connectivity index is 0.00000392. The number of guanidine groups is 1. The van der Waals surface area contributed by atoms with Gasteiger partial charge in [0.05, 0.1) is 17.6 Å². The minimum atomic E-state index is -3.17. The van der Waals surface area contributed by atoms with Gasteiger partial charge in [-0.25, -0.2) is 13.1 Å². The van der Waals surface area contributed by atoms with Gasteiger partial charge in [-0.05, 0) is 20.3 Å². The number of aliphatic imine (C=N–C) groups is 1. The molecule has 1 fully saturated rings. The number of carbonyl (C=O) groups is 1. The van der Waals surface area contributed by atoms with Gasteiger partial charge in [-0.3, -0.25) is 14.5 Å². The predicted molar refractivity (Wildman–Crippen MR) is 121 cm³/mol. The summed E-state index contributed by atoms with van der Waals surface area (Å²) in [4.78, 5) is 20.7. The molecule has 1 aliphatic heterocycles. The van der Waals surface area contributed by atoms with Crippen LogP contribution < -0.4 is 14.9 Å². The number of piperazine rings is 1.